The fourth-order valence-corrected chi connectivity index (χ4v) is 8.84. The minimum absolute atomic E-state index is 0. The summed E-state index contributed by atoms with van der Waals surface area (Å²) < 4.78 is 47.3. The van der Waals surface area contributed by atoms with Crippen molar-refractivity contribution in [3.8, 4) is 50.6 Å². The van der Waals surface area contributed by atoms with Crippen LogP contribution < -0.4 is 5.19 Å². The van der Waals surface area contributed by atoms with Crippen LogP contribution in [0.4, 0.5) is 0 Å². The molecule has 56 heavy (non-hydrogen) atoms. The molecule has 0 saturated carbocycles. The smallest absolute Gasteiger partial charge is 0.0774 e. The van der Waals surface area contributed by atoms with E-state index in [2.05, 4.69) is 163 Å². The van der Waals surface area contributed by atoms with E-state index in [1.54, 1.807) is 23.5 Å². The van der Waals surface area contributed by atoms with Gasteiger partial charge in [0, 0.05) is 45.7 Å². The van der Waals surface area contributed by atoms with Crippen molar-refractivity contribution >= 4 is 45.7 Å². The number of hydrogen-bond donors (Lipinski definition) is 0. The van der Waals surface area contributed by atoms with Gasteiger partial charge in [0.2, 0.25) is 0 Å². The van der Waals surface area contributed by atoms with Gasteiger partial charge >= 0.3 is 0 Å². The van der Waals surface area contributed by atoms with Crippen LogP contribution in [0.2, 0.25) is 19.6 Å². The third-order valence-corrected chi connectivity index (χ3v) is 12.6. The molecule has 1 radical (unpaired) electrons. The minimum atomic E-state index is -2.18. The predicted molar refractivity (Wildman–Crippen MR) is 237 cm³/mol. The number of thiophene rings is 1. The Kier molecular flexibility index (Phi) is 9.39. The number of nitrogens with zero attached hydrogens (tertiary/aromatic N) is 3. The SMILES string of the molecule is Cc1cc(-c2ccccc2)c(-n2c(-c3[c-]sc4ccc([Si](C)(C)C)cc34)nc3ccccc32)c(-c2ccccc2)c1.[2H]C([2H])([2H])c1c[c-]c(-c2ccc(C([2H])([2H])[2H])cn2)cc1.[Ir]. The molecule has 0 amide bonds. The second-order valence-electron chi connectivity index (χ2n) is 14.7. The topological polar surface area (TPSA) is 30.7 Å². The third-order valence-electron chi connectivity index (χ3n) is 9.66. The normalized spacial score (nSPS) is 13.3. The molecule has 0 aliphatic carbocycles. The Labute approximate surface area is 357 Å². The van der Waals surface area contributed by atoms with E-state index in [4.69, 9.17) is 13.2 Å². The van der Waals surface area contributed by atoms with Crippen molar-refractivity contribution in [3.63, 3.8) is 0 Å². The first-order valence-electron chi connectivity index (χ1n) is 21.2. The van der Waals surface area contributed by atoms with E-state index in [1.807, 2.05) is 0 Å². The van der Waals surface area contributed by atoms with Crippen LogP contribution in [0.1, 0.15) is 24.9 Å². The molecule has 279 valence electrons. The van der Waals surface area contributed by atoms with Gasteiger partial charge in [-0.1, -0.05) is 144 Å². The van der Waals surface area contributed by atoms with Crippen LogP contribution in [0.25, 0.3) is 71.7 Å². The summed E-state index contributed by atoms with van der Waals surface area (Å²) >= 11 is 1.68. The Morgan fingerprint density at radius 1 is 0.696 bits per heavy atom. The number of pyridine rings is 1. The van der Waals surface area contributed by atoms with Crippen molar-refractivity contribution in [3.05, 3.63) is 180 Å². The molecule has 9 rings (SSSR count). The zero-order valence-corrected chi connectivity index (χ0v) is 35.7. The van der Waals surface area contributed by atoms with E-state index < -0.39 is 21.8 Å². The van der Waals surface area contributed by atoms with Gasteiger partial charge in [0.25, 0.3) is 0 Å². The first kappa shape index (κ1) is 31.9. The molecule has 9 aromatic rings. The molecule has 0 bridgehead atoms. The van der Waals surface area contributed by atoms with Crippen molar-refractivity contribution in [1.82, 2.24) is 14.5 Å². The number of aromatic nitrogens is 3. The van der Waals surface area contributed by atoms with Crippen LogP contribution in [0.3, 0.4) is 0 Å². The van der Waals surface area contributed by atoms with Gasteiger partial charge in [-0.05, 0) is 66.0 Å². The van der Waals surface area contributed by atoms with Crippen molar-refractivity contribution in [2.24, 2.45) is 0 Å². The molecule has 6 aromatic carbocycles. The van der Waals surface area contributed by atoms with Crippen LogP contribution in [0.5, 0.6) is 0 Å². The first-order valence-corrected chi connectivity index (χ1v) is 22.6. The third kappa shape index (κ3) is 8.02. The van der Waals surface area contributed by atoms with Crippen molar-refractivity contribution in [1.29, 1.82) is 0 Å². The number of aryl methyl sites for hydroxylation is 3. The molecule has 0 fully saturated rings. The number of benzene rings is 6. The molecule has 0 aliphatic rings. The van der Waals surface area contributed by atoms with Gasteiger partial charge in [-0.25, -0.2) is 0 Å². The standard InChI is InChI=1S/C37H31N2SSi.C13H12N.Ir/c1-25-21-29(26-13-7-5-8-14-26)36(30(22-25)27-15-9-6-10-16-27)39-34-18-12-11-17-33(34)38-37(39)32-24-40-35-20-19-28(23-31(32)35)41(2,3)4;1-10-3-6-12(7-4-10)13-8-5-11(2)9-14-13;/h5-23H,1-4H3;3-6,8-9H,1-2H3;/q2*-1;/i;1D3,2D3;. The van der Waals surface area contributed by atoms with Crippen molar-refractivity contribution in [2.45, 2.75) is 40.3 Å². The predicted octanol–water partition coefficient (Wildman–Crippen LogP) is 13.1. The number of fused-ring (bicyclic) bond motifs is 2. The van der Waals surface area contributed by atoms with Gasteiger partial charge in [-0.3, -0.25) is 16.3 Å². The summed E-state index contributed by atoms with van der Waals surface area (Å²) in [6, 6.07) is 52.0. The number of para-hydroxylation sites is 2. The zero-order chi connectivity index (χ0) is 43.1. The Morgan fingerprint density at radius 2 is 1.36 bits per heavy atom. The Hall–Kier alpha value is -5.23. The van der Waals surface area contributed by atoms with Crippen molar-refractivity contribution in [2.75, 3.05) is 0 Å². The monoisotopic (exact) mass is 944 g/mol. The maximum Gasteiger partial charge on any atom is 0.0774 e. The minimum Gasteiger partial charge on any atom is -0.332 e. The molecule has 0 unspecified atom stereocenters. The molecule has 0 aliphatic heterocycles. The molecule has 6 heteroatoms. The summed E-state index contributed by atoms with van der Waals surface area (Å²) in [5, 5.41) is 6.37. The van der Waals surface area contributed by atoms with Crippen LogP contribution in [-0.4, -0.2) is 22.6 Å². The van der Waals surface area contributed by atoms with E-state index >= 15 is 0 Å². The largest absolute Gasteiger partial charge is 0.332 e. The number of imidazole rings is 1. The van der Waals surface area contributed by atoms with E-state index in [0.29, 0.717) is 11.3 Å². The van der Waals surface area contributed by atoms with Gasteiger partial charge in [0.1, 0.15) is 0 Å². The maximum absolute atomic E-state index is 7.28. The van der Waals surface area contributed by atoms with Crippen LogP contribution in [-0.2, 0) is 20.1 Å². The number of rotatable bonds is 6. The summed E-state index contributed by atoms with van der Waals surface area (Å²) in [6.07, 6.45) is 1.30. The summed E-state index contributed by atoms with van der Waals surface area (Å²) in [5.41, 5.74) is 11.8. The fourth-order valence-electron chi connectivity index (χ4n) is 6.86. The molecule has 0 spiro atoms. The molecular weight excluding hydrogens is 895 g/mol. The first-order chi connectivity index (χ1) is 29.1. The Bertz CT molecular complexity index is 2860. The molecule has 3 nitrogen and oxygen atoms in total. The molecule has 3 aromatic heterocycles. The van der Waals surface area contributed by atoms with Crippen molar-refractivity contribution < 1.29 is 28.3 Å². The van der Waals surface area contributed by atoms with Gasteiger partial charge < -0.3 is 9.55 Å². The second kappa shape index (κ2) is 16.5. The molecule has 0 N–H and O–H groups in total. The van der Waals surface area contributed by atoms with E-state index in [9.17, 15) is 0 Å². The second-order valence-corrected chi connectivity index (χ2v) is 20.6. The van der Waals surface area contributed by atoms with Gasteiger partial charge in [0.15, 0.2) is 0 Å². The average Bonchev–Trinajstić information content (AvgIpc) is 3.85. The van der Waals surface area contributed by atoms with Gasteiger partial charge in [-0.15, -0.1) is 46.8 Å². The zero-order valence-electron chi connectivity index (χ0n) is 37.5. The van der Waals surface area contributed by atoms with E-state index in [-0.39, 0.29) is 31.2 Å². The summed E-state index contributed by atoms with van der Waals surface area (Å²) in [5.74, 6) is 0.934. The van der Waals surface area contributed by atoms with E-state index in [1.165, 1.54) is 67.5 Å². The van der Waals surface area contributed by atoms with Crippen LogP contribution >= 0.6 is 11.3 Å². The fraction of sp³-hybridized carbons (Fsp3) is 0.120. The van der Waals surface area contributed by atoms with Crippen LogP contribution in [0, 0.1) is 32.1 Å². The molecule has 0 saturated heterocycles. The molecular formula is C50H43IrN3SSi-2. The van der Waals surface area contributed by atoms with Crippen LogP contribution in [0.15, 0.2) is 152 Å². The summed E-state index contributed by atoms with van der Waals surface area (Å²) in [7, 11) is -1.51. The molecule has 0 atom stereocenters. The van der Waals surface area contributed by atoms with E-state index in [0.717, 1.165) is 28.1 Å². The Balaban J connectivity index is 0.000000233. The number of hydrogen-bond acceptors (Lipinski definition) is 3. The Morgan fingerprint density at radius 3 is 1.96 bits per heavy atom. The van der Waals surface area contributed by atoms with Gasteiger partial charge in [0.05, 0.1) is 30.6 Å². The summed E-state index contributed by atoms with van der Waals surface area (Å²) in [4.78, 5) is 9.39. The summed E-state index contributed by atoms with van der Waals surface area (Å²) in [6.45, 7) is 5.07. The maximum atomic E-state index is 7.28. The molecule has 3 heterocycles. The average molecular weight is 944 g/mol. The quantitative estimate of drug-likeness (QED) is 0.123. The van der Waals surface area contributed by atoms with Gasteiger partial charge in [-0.2, -0.15) is 0 Å².